The molecule has 0 aromatic heterocycles. The molecule has 2 aromatic rings. The molecular weight excluding hydrogens is 501 g/mol. The number of carbonyl (C=O) groups excluding carboxylic acids is 1. The minimum Gasteiger partial charge on any atom is -0.352 e. The number of nitrogens with one attached hydrogen (secondary N) is 1. The summed E-state index contributed by atoms with van der Waals surface area (Å²) in [7, 11) is 0. The molecule has 4 atom stereocenters. The van der Waals surface area contributed by atoms with Crippen LogP contribution < -0.4 is 5.32 Å². The van der Waals surface area contributed by atoms with Crippen LogP contribution >= 0.6 is 0 Å². The Morgan fingerprint density at radius 1 is 1.05 bits per heavy atom. The predicted octanol–water partition coefficient (Wildman–Crippen LogP) is 6.18. The first-order valence-electron chi connectivity index (χ1n) is 13.1. The molecule has 3 aliphatic rings. The molecule has 4 unspecified atom stereocenters. The molecule has 0 bridgehead atoms. The number of amides is 1. The molecule has 1 heterocycles. The summed E-state index contributed by atoms with van der Waals surface area (Å²) in [6, 6.07) is 11.4. The van der Waals surface area contributed by atoms with Crippen molar-refractivity contribution in [1.29, 1.82) is 5.26 Å². The highest BCUT2D eigenvalue weighted by Gasteiger charge is 2.60. The smallest absolute Gasteiger partial charge is 0.352 e. The van der Waals surface area contributed by atoms with E-state index in [9.17, 15) is 32.0 Å². The molecule has 4 nitrogen and oxygen atoms in total. The number of likely N-dealkylation sites (tertiary alicyclic amines) is 1. The van der Waals surface area contributed by atoms with Gasteiger partial charge in [0.1, 0.15) is 11.6 Å². The molecular formula is C29H30F5N3O. The summed E-state index contributed by atoms with van der Waals surface area (Å²) in [5.74, 6) is -1.43. The lowest BCUT2D eigenvalue weighted by Gasteiger charge is -2.37. The van der Waals surface area contributed by atoms with E-state index in [0.717, 1.165) is 50.0 Å². The van der Waals surface area contributed by atoms with E-state index in [0.29, 0.717) is 31.2 Å². The van der Waals surface area contributed by atoms with Gasteiger partial charge in [0.05, 0.1) is 23.0 Å². The first kappa shape index (κ1) is 26.6. The van der Waals surface area contributed by atoms with Crippen molar-refractivity contribution in [3.8, 4) is 6.07 Å². The molecule has 5 rings (SSSR count). The lowest BCUT2D eigenvalue weighted by molar-refractivity contribution is -0.137. The summed E-state index contributed by atoms with van der Waals surface area (Å²) in [5, 5.41) is 12.3. The second-order valence-corrected chi connectivity index (χ2v) is 11.0. The van der Waals surface area contributed by atoms with Crippen LogP contribution in [0.1, 0.15) is 61.1 Å². The van der Waals surface area contributed by atoms with Gasteiger partial charge in [0.15, 0.2) is 0 Å². The highest BCUT2D eigenvalue weighted by molar-refractivity contribution is 5.84. The molecule has 9 heteroatoms. The van der Waals surface area contributed by atoms with Gasteiger partial charge in [-0.1, -0.05) is 12.1 Å². The quantitative estimate of drug-likeness (QED) is 0.453. The number of nitrogens with zero attached hydrogens (tertiary/aromatic N) is 2. The predicted molar refractivity (Wildman–Crippen MR) is 130 cm³/mol. The Kier molecular flexibility index (Phi) is 7.21. The highest BCUT2D eigenvalue weighted by Crippen LogP contribution is 2.59. The second-order valence-electron chi connectivity index (χ2n) is 11.0. The Morgan fingerprint density at radius 3 is 2.39 bits per heavy atom. The van der Waals surface area contributed by atoms with Gasteiger partial charge in [0.25, 0.3) is 0 Å². The van der Waals surface area contributed by atoms with Crippen molar-refractivity contribution in [3.05, 3.63) is 70.8 Å². The van der Waals surface area contributed by atoms with Crippen molar-refractivity contribution in [2.24, 2.45) is 17.3 Å². The van der Waals surface area contributed by atoms with Crippen LogP contribution in [0.4, 0.5) is 22.0 Å². The van der Waals surface area contributed by atoms with E-state index in [-0.39, 0.29) is 41.7 Å². The van der Waals surface area contributed by atoms with Crippen LogP contribution in [0, 0.1) is 40.2 Å². The van der Waals surface area contributed by atoms with Crippen molar-refractivity contribution >= 4 is 5.91 Å². The Hall–Kier alpha value is -2.99. The van der Waals surface area contributed by atoms with Crippen LogP contribution in [-0.4, -0.2) is 29.9 Å². The number of hydrogen-bond acceptors (Lipinski definition) is 3. The van der Waals surface area contributed by atoms with Gasteiger partial charge in [-0.3, -0.25) is 4.79 Å². The lowest BCUT2D eigenvalue weighted by Crippen LogP contribution is -2.44. The van der Waals surface area contributed by atoms with Gasteiger partial charge in [-0.2, -0.15) is 18.4 Å². The number of hydrogen-bond donors (Lipinski definition) is 1. The van der Waals surface area contributed by atoms with E-state index in [1.54, 1.807) is 0 Å². The minimum absolute atomic E-state index is 0.0471. The summed E-state index contributed by atoms with van der Waals surface area (Å²) < 4.78 is 66.4. The van der Waals surface area contributed by atoms with E-state index in [1.165, 1.54) is 12.1 Å². The number of halogens is 5. The molecule has 1 N–H and O–H groups in total. The fraction of sp³-hybridized carbons (Fsp3) is 0.517. The topological polar surface area (TPSA) is 56.1 Å². The molecule has 2 aromatic carbocycles. The Bertz CT molecular complexity index is 1220. The van der Waals surface area contributed by atoms with E-state index in [2.05, 4.69) is 16.3 Å². The Labute approximate surface area is 218 Å². The first-order chi connectivity index (χ1) is 18.1. The molecule has 38 heavy (non-hydrogen) atoms. The van der Waals surface area contributed by atoms with Gasteiger partial charge in [-0.25, -0.2) is 8.78 Å². The monoisotopic (exact) mass is 531 g/mol. The molecule has 0 spiro atoms. The fourth-order valence-electron chi connectivity index (χ4n) is 6.63. The first-order valence-corrected chi connectivity index (χ1v) is 13.1. The molecule has 0 radical (unpaired) electrons. The molecule has 1 saturated heterocycles. The zero-order chi connectivity index (χ0) is 27.1. The van der Waals surface area contributed by atoms with Gasteiger partial charge < -0.3 is 10.2 Å². The third-order valence-corrected chi connectivity index (χ3v) is 8.77. The van der Waals surface area contributed by atoms with Crippen LogP contribution in [0.2, 0.25) is 0 Å². The normalized spacial score (nSPS) is 28.2. The van der Waals surface area contributed by atoms with Crippen molar-refractivity contribution in [2.45, 2.75) is 63.2 Å². The van der Waals surface area contributed by atoms with Crippen LogP contribution in [0.25, 0.3) is 0 Å². The van der Waals surface area contributed by atoms with Crippen LogP contribution in [0.15, 0.2) is 42.5 Å². The molecule has 1 amide bonds. The number of carbonyl (C=O) groups is 1. The average molecular weight is 532 g/mol. The number of alkyl halides is 3. The molecule has 2 aliphatic carbocycles. The van der Waals surface area contributed by atoms with E-state index in [4.69, 9.17) is 0 Å². The lowest BCUT2D eigenvalue weighted by atomic mass is 9.78. The largest absolute Gasteiger partial charge is 0.416 e. The third kappa shape index (κ3) is 5.42. The van der Waals surface area contributed by atoms with Gasteiger partial charge in [0.2, 0.25) is 5.91 Å². The molecule has 3 fully saturated rings. The van der Waals surface area contributed by atoms with Crippen LogP contribution in [0.3, 0.4) is 0 Å². The van der Waals surface area contributed by atoms with E-state index >= 15 is 0 Å². The standard InChI is InChI=1S/C29H30F5N3O/c30-23-3-1-19(2-4-23)20-6-9-37(10-7-20)25-5-8-28(15-25,26-13-21(26)16-35)27(38)36-17-18-11-22(29(32,33)34)14-24(31)12-18/h1-4,11-12,14,20-21,25-26H,5-10,13,15,17H2,(H,36,38). The average Bonchev–Trinajstić information content (AvgIpc) is 3.56. The maximum atomic E-state index is 13.8. The maximum Gasteiger partial charge on any atom is 0.416 e. The number of rotatable bonds is 6. The van der Waals surface area contributed by atoms with Crippen molar-refractivity contribution < 1.29 is 26.7 Å². The zero-order valence-corrected chi connectivity index (χ0v) is 20.9. The van der Waals surface area contributed by atoms with Crippen molar-refractivity contribution in [2.75, 3.05) is 13.1 Å². The van der Waals surface area contributed by atoms with Crippen LogP contribution in [0.5, 0.6) is 0 Å². The summed E-state index contributed by atoms with van der Waals surface area (Å²) in [5.41, 5.74) is -0.662. The zero-order valence-electron chi connectivity index (χ0n) is 20.9. The number of benzene rings is 2. The fourth-order valence-corrected chi connectivity index (χ4v) is 6.63. The van der Waals surface area contributed by atoms with Crippen molar-refractivity contribution in [1.82, 2.24) is 10.2 Å². The SMILES string of the molecule is N#CC1CC1C1(C(=O)NCc2cc(F)cc(C(F)(F)F)c2)CCC(N2CCC(c3ccc(F)cc3)CC2)C1. The number of piperidine rings is 1. The summed E-state index contributed by atoms with van der Waals surface area (Å²) in [4.78, 5) is 16.0. The molecule has 2 saturated carbocycles. The van der Waals surface area contributed by atoms with Crippen molar-refractivity contribution in [3.63, 3.8) is 0 Å². The second kappa shape index (κ2) is 10.3. The van der Waals surface area contributed by atoms with Gasteiger partial charge >= 0.3 is 6.18 Å². The van der Waals surface area contributed by atoms with Crippen LogP contribution in [-0.2, 0) is 17.5 Å². The minimum atomic E-state index is -4.68. The van der Waals surface area contributed by atoms with Gasteiger partial charge in [-0.15, -0.1) is 0 Å². The highest BCUT2D eigenvalue weighted by atomic mass is 19.4. The summed E-state index contributed by atoms with van der Waals surface area (Å²) >= 11 is 0. The number of nitriles is 1. The Morgan fingerprint density at radius 2 is 1.76 bits per heavy atom. The summed E-state index contributed by atoms with van der Waals surface area (Å²) in [6.07, 6.45) is -0.151. The Balaban J connectivity index is 1.24. The maximum absolute atomic E-state index is 13.8. The van der Waals surface area contributed by atoms with E-state index < -0.39 is 23.0 Å². The van der Waals surface area contributed by atoms with E-state index in [1.807, 2.05) is 12.1 Å². The summed E-state index contributed by atoms with van der Waals surface area (Å²) in [6.45, 7) is 1.51. The molecule has 202 valence electrons. The van der Waals surface area contributed by atoms with Gasteiger partial charge in [-0.05, 0) is 105 Å². The third-order valence-electron chi connectivity index (χ3n) is 8.77. The van der Waals surface area contributed by atoms with Gasteiger partial charge in [0, 0.05) is 12.6 Å². The molecule has 1 aliphatic heterocycles.